The monoisotopic (exact) mass is 453 g/mol. The smallest absolute Gasteiger partial charge is 0.217 e. The van der Waals surface area contributed by atoms with Gasteiger partial charge in [-0.05, 0) is 42.7 Å². The fourth-order valence-electron chi connectivity index (χ4n) is 3.70. The number of hydrogen-bond donors (Lipinski definition) is 0. The van der Waals surface area contributed by atoms with Crippen LogP contribution in [0.5, 0.6) is 5.75 Å². The number of hydrogen-bond acceptors (Lipinski definition) is 6. The van der Waals surface area contributed by atoms with Crippen molar-refractivity contribution in [1.82, 2.24) is 19.7 Å². The van der Waals surface area contributed by atoms with E-state index in [0.29, 0.717) is 26.0 Å². The van der Waals surface area contributed by atoms with E-state index in [9.17, 15) is 9.18 Å². The van der Waals surface area contributed by atoms with Gasteiger partial charge >= 0.3 is 0 Å². The van der Waals surface area contributed by atoms with Crippen molar-refractivity contribution in [2.45, 2.75) is 32.2 Å². The maximum absolute atomic E-state index is 13.3. The highest BCUT2D eigenvalue weighted by molar-refractivity contribution is 7.80. The van der Waals surface area contributed by atoms with Gasteiger partial charge < -0.3 is 9.64 Å². The molecule has 9 heteroatoms. The zero-order valence-electron chi connectivity index (χ0n) is 17.8. The summed E-state index contributed by atoms with van der Waals surface area (Å²) in [5.74, 6) is 1.34. The molecule has 32 heavy (non-hydrogen) atoms. The molecule has 0 fully saturated rings. The Balaban J connectivity index is 1.25. The maximum Gasteiger partial charge on any atom is 0.217 e. The van der Waals surface area contributed by atoms with E-state index in [1.807, 2.05) is 24.1 Å². The van der Waals surface area contributed by atoms with Crippen LogP contribution in [-0.4, -0.2) is 44.2 Å². The van der Waals surface area contributed by atoms with E-state index in [-0.39, 0.29) is 23.3 Å². The summed E-state index contributed by atoms with van der Waals surface area (Å²) >= 11 is 5.65. The second-order valence-electron chi connectivity index (χ2n) is 7.79. The summed E-state index contributed by atoms with van der Waals surface area (Å²) in [5.41, 5.74) is 0.762. The van der Waals surface area contributed by atoms with Crippen LogP contribution in [0, 0.1) is 11.7 Å². The van der Waals surface area contributed by atoms with Crippen molar-refractivity contribution >= 4 is 28.8 Å². The van der Waals surface area contributed by atoms with Crippen molar-refractivity contribution in [3.63, 3.8) is 0 Å². The molecule has 1 unspecified atom stereocenters. The second kappa shape index (κ2) is 9.95. The molecule has 0 amide bonds. The highest BCUT2D eigenvalue weighted by Crippen LogP contribution is 2.31. The minimum absolute atomic E-state index is 0.0860. The van der Waals surface area contributed by atoms with Gasteiger partial charge in [-0.15, -0.1) is 5.10 Å². The predicted octanol–water partition coefficient (Wildman–Crippen LogP) is 4.08. The molecule has 7 nitrogen and oxygen atoms in total. The Morgan fingerprint density at radius 3 is 2.97 bits per heavy atom. The predicted molar refractivity (Wildman–Crippen MR) is 123 cm³/mol. The number of nitrogens with zero attached hydrogens (tertiary/aromatic N) is 5. The SMILES string of the molecule is CN1C(=S)C(CCCCC(=O)c2ncn(Cc3cccc(F)c3)n2)COc2cccnc21. The standard InChI is InChI=1S/C23H24FN5O2S/c1-28-22-20(10-5-11-25-22)31-14-17(23(28)32)7-2-3-9-19(30)21-26-15-29(27-21)13-16-6-4-8-18(24)12-16/h4-6,8,10-12,15,17H,2-3,7,9,13-14H2,1H3. The molecule has 0 bridgehead atoms. The van der Waals surface area contributed by atoms with Gasteiger partial charge in [0.25, 0.3) is 0 Å². The number of thiocarbonyl (C=S) groups is 1. The van der Waals surface area contributed by atoms with Crippen molar-refractivity contribution in [3.8, 4) is 5.75 Å². The number of pyridine rings is 1. The third-order valence-electron chi connectivity index (χ3n) is 5.41. The van der Waals surface area contributed by atoms with Gasteiger partial charge in [0.05, 0.1) is 18.1 Å². The van der Waals surface area contributed by atoms with E-state index in [2.05, 4.69) is 15.1 Å². The van der Waals surface area contributed by atoms with E-state index in [4.69, 9.17) is 17.0 Å². The Hall–Kier alpha value is -3.20. The Labute approximate surface area is 191 Å². The first-order valence-corrected chi connectivity index (χ1v) is 10.9. The molecule has 2 aromatic heterocycles. The molecular weight excluding hydrogens is 429 g/mol. The molecule has 0 radical (unpaired) electrons. The van der Waals surface area contributed by atoms with E-state index < -0.39 is 0 Å². The van der Waals surface area contributed by atoms with Crippen LogP contribution in [0.15, 0.2) is 48.9 Å². The lowest BCUT2D eigenvalue weighted by molar-refractivity contribution is 0.0968. The maximum atomic E-state index is 13.3. The first kappa shape index (κ1) is 22.0. The lowest BCUT2D eigenvalue weighted by Gasteiger charge is -2.21. The number of rotatable bonds is 8. The first-order valence-electron chi connectivity index (χ1n) is 10.5. The normalized spacial score (nSPS) is 15.8. The second-order valence-corrected chi connectivity index (χ2v) is 8.21. The fraction of sp³-hybridized carbons (Fsp3) is 0.348. The number of anilines is 1. The Bertz CT molecular complexity index is 1120. The van der Waals surface area contributed by atoms with Gasteiger partial charge in [-0.25, -0.2) is 19.0 Å². The molecule has 4 rings (SSSR count). The van der Waals surface area contributed by atoms with Crippen molar-refractivity contribution in [1.29, 1.82) is 0 Å². The molecule has 0 saturated carbocycles. The summed E-state index contributed by atoms with van der Waals surface area (Å²) in [5, 5.41) is 4.24. The summed E-state index contributed by atoms with van der Waals surface area (Å²) < 4.78 is 20.8. The Kier molecular flexibility index (Phi) is 6.84. The average molecular weight is 454 g/mol. The molecule has 1 aliphatic heterocycles. The molecule has 0 N–H and O–H groups in total. The van der Waals surface area contributed by atoms with Crippen LogP contribution < -0.4 is 9.64 Å². The number of halogens is 1. The van der Waals surface area contributed by atoms with E-state index in [0.717, 1.165) is 35.0 Å². The van der Waals surface area contributed by atoms with Crippen LogP contribution in [0.2, 0.25) is 0 Å². The molecule has 166 valence electrons. The summed E-state index contributed by atoms with van der Waals surface area (Å²) in [6.07, 6.45) is 5.96. The molecule has 0 spiro atoms. The highest BCUT2D eigenvalue weighted by Gasteiger charge is 2.26. The topological polar surface area (TPSA) is 73.1 Å². The minimum Gasteiger partial charge on any atom is -0.489 e. The van der Waals surface area contributed by atoms with Crippen LogP contribution in [-0.2, 0) is 6.54 Å². The number of carbonyl (C=O) groups is 1. The molecule has 0 aliphatic carbocycles. The van der Waals surface area contributed by atoms with Gasteiger partial charge in [-0.2, -0.15) is 0 Å². The van der Waals surface area contributed by atoms with Crippen molar-refractivity contribution in [2.24, 2.45) is 5.92 Å². The number of benzene rings is 1. The summed E-state index contributed by atoms with van der Waals surface area (Å²) in [6, 6.07) is 10.0. The average Bonchev–Trinajstić information content (AvgIpc) is 3.22. The third kappa shape index (κ3) is 5.16. The molecular formula is C23H24FN5O2S. The van der Waals surface area contributed by atoms with Gasteiger partial charge in [0.15, 0.2) is 11.6 Å². The summed E-state index contributed by atoms with van der Waals surface area (Å²) in [7, 11) is 1.91. The number of carbonyl (C=O) groups excluding carboxylic acids is 1. The number of fused-ring (bicyclic) bond motifs is 1. The van der Waals surface area contributed by atoms with Gasteiger partial charge in [-0.1, -0.05) is 30.8 Å². The number of aromatic nitrogens is 4. The number of ketones is 1. The van der Waals surface area contributed by atoms with E-state index >= 15 is 0 Å². The number of Topliss-reactive ketones (excluding diaryl/α,β-unsaturated/α-hetero) is 1. The van der Waals surface area contributed by atoms with Crippen LogP contribution >= 0.6 is 12.2 Å². The third-order valence-corrected chi connectivity index (χ3v) is 6.02. The Morgan fingerprint density at radius 1 is 1.25 bits per heavy atom. The number of unbranched alkanes of at least 4 members (excludes halogenated alkanes) is 1. The zero-order valence-corrected chi connectivity index (χ0v) is 18.6. The summed E-state index contributed by atoms with van der Waals surface area (Å²) in [4.78, 5) is 23.7. The van der Waals surface area contributed by atoms with Crippen molar-refractivity contribution in [2.75, 3.05) is 18.6 Å². The largest absolute Gasteiger partial charge is 0.489 e. The minimum atomic E-state index is -0.302. The molecule has 0 saturated heterocycles. The lowest BCUT2D eigenvalue weighted by Crippen LogP contribution is -2.32. The highest BCUT2D eigenvalue weighted by atomic mass is 32.1. The van der Waals surface area contributed by atoms with E-state index in [1.54, 1.807) is 23.0 Å². The quantitative estimate of drug-likeness (QED) is 0.289. The lowest BCUT2D eigenvalue weighted by atomic mass is 10.0. The number of ether oxygens (including phenoxy) is 1. The molecule has 1 aliphatic rings. The van der Waals surface area contributed by atoms with Gasteiger partial charge in [0, 0.05) is 25.6 Å². The first-order chi connectivity index (χ1) is 15.5. The van der Waals surface area contributed by atoms with Gasteiger partial charge in [-0.3, -0.25) is 4.79 Å². The van der Waals surface area contributed by atoms with Crippen LogP contribution in [0.3, 0.4) is 0 Å². The fourth-order valence-corrected chi connectivity index (χ4v) is 3.97. The van der Waals surface area contributed by atoms with Crippen LogP contribution in [0.4, 0.5) is 10.2 Å². The zero-order chi connectivity index (χ0) is 22.5. The molecule has 3 aromatic rings. The molecule has 1 atom stereocenters. The van der Waals surface area contributed by atoms with Gasteiger partial charge in [0.2, 0.25) is 11.6 Å². The molecule has 3 heterocycles. The van der Waals surface area contributed by atoms with Gasteiger partial charge in [0.1, 0.15) is 12.1 Å². The Morgan fingerprint density at radius 2 is 2.12 bits per heavy atom. The van der Waals surface area contributed by atoms with Crippen LogP contribution in [0.1, 0.15) is 41.9 Å². The van der Waals surface area contributed by atoms with Crippen LogP contribution in [0.25, 0.3) is 0 Å². The molecule has 1 aromatic carbocycles. The van der Waals surface area contributed by atoms with E-state index in [1.165, 1.54) is 18.5 Å². The van der Waals surface area contributed by atoms with Crippen molar-refractivity contribution in [3.05, 3.63) is 66.1 Å². The van der Waals surface area contributed by atoms with Crippen molar-refractivity contribution < 1.29 is 13.9 Å². The summed E-state index contributed by atoms with van der Waals surface area (Å²) in [6.45, 7) is 0.865.